The summed E-state index contributed by atoms with van der Waals surface area (Å²) >= 11 is 0. The molecule has 1 unspecified atom stereocenters. The third kappa shape index (κ3) is 8.55. The van der Waals surface area contributed by atoms with Gasteiger partial charge in [0.1, 0.15) is 11.8 Å². The van der Waals surface area contributed by atoms with Crippen molar-refractivity contribution in [2.24, 2.45) is 0 Å². The first-order valence-corrected chi connectivity index (χ1v) is 19.6. The molecular formula is C51H53N3O2. The lowest BCUT2D eigenvalue weighted by Gasteiger charge is -2.31. The summed E-state index contributed by atoms with van der Waals surface area (Å²) in [7, 11) is 1.67. The fraction of sp³-hybridized carbons (Fsp3) is 0.176. The van der Waals surface area contributed by atoms with Gasteiger partial charge in [0.15, 0.2) is 0 Å². The van der Waals surface area contributed by atoms with Crippen LogP contribution in [0.4, 0.5) is 28.4 Å². The van der Waals surface area contributed by atoms with E-state index in [0.29, 0.717) is 13.1 Å². The minimum Gasteiger partial charge on any atom is -0.338 e. The highest BCUT2D eigenvalue weighted by Crippen LogP contribution is 2.51. The van der Waals surface area contributed by atoms with Gasteiger partial charge in [-0.15, -0.1) is 5.23 Å². The molecule has 0 saturated carbocycles. The smallest absolute Gasteiger partial charge is 0.138 e. The van der Waals surface area contributed by atoms with Crippen molar-refractivity contribution >= 4 is 50.0 Å². The van der Waals surface area contributed by atoms with Crippen LogP contribution in [-0.4, -0.2) is 20.2 Å². The Labute approximate surface area is 333 Å². The molecule has 0 saturated heterocycles. The third-order valence-corrected chi connectivity index (χ3v) is 9.77. The lowest BCUT2D eigenvalue weighted by Crippen LogP contribution is -2.25. The van der Waals surface area contributed by atoms with Crippen LogP contribution >= 0.6 is 0 Å². The highest BCUT2D eigenvalue weighted by molar-refractivity contribution is 6.21. The number of hydrogen-bond donors (Lipinski definition) is 0. The second-order valence-electron chi connectivity index (χ2n) is 13.2. The van der Waals surface area contributed by atoms with Crippen LogP contribution in [0.3, 0.4) is 0 Å². The van der Waals surface area contributed by atoms with Gasteiger partial charge in [0.25, 0.3) is 0 Å². The fourth-order valence-electron chi connectivity index (χ4n) is 7.25. The SMILES string of the molecule is C=C/C=C\C=C/CN(c1ccccc1)c1c2cc(N(C/C=C\C=C/CC)c3ccccc3)ccc2c2c3cc4c(cc13)C/C=C\C=C/C(=C)C4ON2OC.CC. The number of nitrogens with zero attached hydrogens (tertiary/aromatic N) is 3. The number of anilines is 5. The molecule has 0 fully saturated rings. The molecular weight excluding hydrogens is 687 g/mol. The van der Waals surface area contributed by atoms with E-state index in [4.69, 9.17) is 9.68 Å². The highest BCUT2D eigenvalue weighted by Gasteiger charge is 2.32. The maximum Gasteiger partial charge on any atom is 0.138 e. The van der Waals surface area contributed by atoms with Crippen LogP contribution in [0.1, 0.15) is 44.4 Å². The summed E-state index contributed by atoms with van der Waals surface area (Å²) in [6.07, 6.45) is 28.3. The Morgan fingerprint density at radius 3 is 2.09 bits per heavy atom. The normalized spacial score (nSPS) is 16.2. The second kappa shape index (κ2) is 19.4. The molecule has 5 heteroatoms. The molecule has 1 aliphatic carbocycles. The first-order valence-electron chi connectivity index (χ1n) is 19.6. The second-order valence-corrected chi connectivity index (χ2v) is 13.2. The van der Waals surface area contributed by atoms with Crippen molar-refractivity contribution in [2.75, 3.05) is 35.2 Å². The fourth-order valence-corrected chi connectivity index (χ4v) is 7.25. The predicted octanol–water partition coefficient (Wildman–Crippen LogP) is 13.7. The van der Waals surface area contributed by atoms with Gasteiger partial charge in [0.2, 0.25) is 0 Å². The minimum atomic E-state index is -0.419. The molecule has 0 N–H and O–H groups in total. The molecule has 5 aromatic rings. The molecule has 1 atom stereocenters. The van der Waals surface area contributed by atoms with Crippen LogP contribution in [0.25, 0.3) is 21.5 Å². The van der Waals surface area contributed by atoms with E-state index in [1.807, 2.05) is 38.2 Å². The summed E-state index contributed by atoms with van der Waals surface area (Å²) in [5.41, 5.74) is 8.39. The van der Waals surface area contributed by atoms with Crippen LogP contribution in [0.5, 0.6) is 0 Å². The van der Waals surface area contributed by atoms with Gasteiger partial charge in [-0.3, -0.25) is 4.84 Å². The topological polar surface area (TPSA) is 28.2 Å². The van der Waals surface area contributed by atoms with Gasteiger partial charge in [0.05, 0.1) is 12.8 Å². The van der Waals surface area contributed by atoms with Crippen molar-refractivity contribution in [3.63, 3.8) is 0 Å². The molecule has 0 amide bonds. The summed E-state index contributed by atoms with van der Waals surface area (Å²) in [6, 6.07) is 32.6. The first kappa shape index (κ1) is 39.6. The molecule has 0 spiro atoms. The zero-order chi connectivity index (χ0) is 39.3. The van der Waals surface area contributed by atoms with Gasteiger partial charge in [-0.25, -0.2) is 4.84 Å². The summed E-state index contributed by atoms with van der Waals surface area (Å²) in [5, 5.41) is 5.86. The van der Waals surface area contributed by atoms with E-state index in [1.165, 1.54) is 5.56 Å². The van der Waals surface area contributed by atoms with Gasteiger partial charge in [-0.1, -0.05) is 149 Å². The molecule has 0 radical (unpaired) electrons. The van der Waals surface area contributed by atoms with Crippen molar-refractivity contribution in [3.05, 3.63) is 200 Å². The monoisotopic (exact) mass is 739 g/mol. The molecule has 5 aromatic carbocycles. The molecule has 1 aliphatic heterocycles. The lowest BCUT2D eigenvalue weighted by atomic mass is 9.89. The molecule has 1 heterocycles. The molecule has 0 aromatic heterocycles. The van der Waals surface area contributed by atoms with E-state index < -0.39 is 6.10 Å². The average molecular weight is 740 g/mol. The number of allylic oxidation sites excluding steroid dienone is 10. The summed E-state index contributed by atoms with van der Waals surface area (Å²) in [5.74, 6) is 0. The standard InChI is InChI=1S/C49H47N3O2.C2H6/c1-5-7-9-11-22-32-50(39-26-18-14-19-27-39)41-30-31-42-45(35-41)47(51(33-23-12-10-8-6-2)40-28-20-15-21-29-40)44-34-38-25-17-13-16-24-37(3)49-43(38)36-46(44)48(42)52(53-4)54-49;1-2/h6-24,26-31,34-36,49H,2-3,5,25,32-33H2,1,4H3;1-2H3/b9-7-,10-8-,17-13-,22-11-,23-12-,24-16-;. The van der Waals surface area contributed by atoms with E-state index in [-0.39, 0.29) is 0 Å². The Morgan fingerprint density at radius 2 is 1.39 bits per heavy atom. The number of benzene rings is 5. The first-order chi connectivity index (χ1) is 27.6. The average Bonchev–Trinajstić information content (AvgIpc) is 3.35. The van der Waals surface area contributed by atoms with Crippen molar-refractivity contribution in [1.29, 1.82) is 0 Å². The highest BCUT2D eigenvalue weighted by atomic mass is 16.9. The van der Waals surface area contributed by atoms with Crippen LogP contribution in [0.2, 0.25) is 0 Å². The Balaban J connectivity index is 0.00000262. The predicted molar refractivity (Wildman–Crippen MR) is 241 cm³/mol. The molecule has 7 rings (SSSR count). The van der Waals surface area contributed by atoms with Crippen molar-refractivity contribution < 1.29 is 9.68 Å². The van der Waals surface area contributed by atoms with Gasteiger partial charge in [-0.05, 0) is 84.1 Å². The number of para-hydroxylation sites is 2. The summed E-state index contributed by atoms with van der Waals surface area (Å²) < 4.78 is 0. The van der Waals surface area contributed by atoms with Gasteiger partial charge < -0.3 is 9.80 Å². The molecule has 56 heavy (non-hydrogen) atoms. The van der Waals surface area contributed by atoms with Crippen molar-refractivity contribution in [3.8, 4) is 0 Å². The lowest BCUT2D eigenvalue weighted by molar-refractivity contribution is -0.0930. The van der Waals surface area contributed by atoms with Gasteiger partial charge in [-0.2, -0.15) is 0 Å². The number of fused-ring (bicyclic) bond motifs is 2. The van der Waals surface area contributed by atoms with Gasteiger partial charge in [0, 0.05) is 51.7 Å². The molecule has 2 bridgehead atoms. The Hall–Kier alpha value is -6.14. The maximum atomic E-state index is 6.78. The molecule has 284 valence electrons. The van der Waals surface area contributed by atoms with Crippen molar-refractivity contribution in [2.45, 2.75) is 39.7 Å². The Bertz CT molecular complexity index is 2310. The van der Waals surface area contributed by atoms with E-state index in [0.717, 1.165) is 74.0 Å². The van der Waals surface area contributed by atoms with E-state index in [9.17, 15) is 0 Å². The minimum absolute atomic E-state index is 0.419. The van der Waals surface area contributed by atoms with E-state index in [2.05, 4.69) is 169 Å². The van der Waals surface area contributed by atoms with E-state index >= 15 is 0 Å². The Morgan fingerprint density at radius 1 is 0.732 bits per heavy atom. The maximum absolute atomic E-state index is 6.78. The van der Waals surface area contributed by atoms with Gasteiger partial charge >= 0.3 is 0 Å². The third-order valence-electron chi connectivity index (χ3n) is 9.77. The number of rotatable bonds is 13. The molecule has 5 nitrogen and oxygen atoms in total. The van der Waals surface area contributed by atoms with E-state index in [1.54, 1.807) is 18.4 Å². The molecule has 2 aliphatic rings. The summed E-state index contributed by atoms with van der Waals surface area (Å²) in [6.45, 7) is 15.8. The number of hydrogen-bond acceptors (Lipinski definition) is 5. The summed E-state index contributed by atoms with van der Waals surface area (Å²) in [4.78, 5) is 17.7. The largest absolute Gasteiger partial charge is 0.338 e. The Kier molecular flexibility index (Phi) is 13.7. The van der Waals surface area contributed by atoms with Crippen LogP contribution in [0, 0.1) is 0 Å². The zero-order valence-electron chi connectivity index (χ0n) is 33.1. The zero-order valence-corrected chi connectivity index (χ0v) is 33.1. The quantitative estimate of drug-likeness (QED) is 0.0886. The van der Waals surface area contributed by atoms with Crippen LogP contribution in [0.15, 0.2) is 189 Å². The van der Waals surface area contributed by atoms with Crippen LogP contribution < -0.4 is 15.0 Å². The van der Waals surface area contributed by atoms with Crippen LogP contribution in [-0.2, 0) is 16.1 Å². The van der Waals surface area contributed by atoms with Crippen molar-refractivity contribution in [1.82, 2.24) is 0 Å².